The number of aryl methyl sites for hydroxylation is 1. The lowest BCUT2D eigenvalue weighted by Gasteiger charge is -2.23. The zero-order valence-corrected chi connectivity index (χ0v) is 18.8. The van der Waals surface area contributed by atoms with Crippen LogP contribution in [0.3, 0.4) is 0 Å². The average molecular weight is 435 g/mol. The number of fused-ring (bicyclic) bond motifs is 1. The predicted octanol–water partition coefficient (Wildman–Crippen LogP) is 4.21. The maximum absolute atomic E-state index is 12.9. The quantitative estimate of drug-likeness (QED) is 0.642. The number of likely N-dealkylation sites (tertiary alicyclic amines) is 1. The second-order valence-electron chi connectivity index (χ2n) is 8.79. The van der Waals surface area contributed by atoms with Gasteiger partial charge in [-0.2, -0.15) is 0 Å². The Morgan fingerprint density at radius 1 is 0.875 bits per heavy atom. The van der Waals surface area contributed by atoms with Crippen LogP contribution in [-0.2, 0) is 17.6 Å². The number of nitrogens with one attached hydrogen (secondary N) is 2. The lowest BCUT2D eigenvalue weighted by molar-refractivity contribution is -0.120. The summed E-state index contributed by atoms with van der Waals surface area (Å²) in [7, 11) is 0. The van der Waals surface area contributed by atoms with Gasteiger partial charge in [0.2, 0.25) is 5.91 Å². The lowest BCUT2D eigenvalue weighted by atomic mass is 10.1. The molecule has 2 aromatic carbocycles. The minimum Gasteiger partial charge on any atom is -0.356 e. The zero-order valence-electron chi connectivity index (χ0n) is 18.8. The number of anilines is 2. The van der Waals surface area contributed by atoms with Gasteiger partial charge in [-0.1, -0.05) is 30.3 Å². The number of rotatable bonds is 7. The maximum atomic E-state index is 12.9. The third-order valence-electron chi connectivity index (χ3n) is 6.35. The highest BCUT2D eigenvalue weighted by Gasteiger charge is 2.21. The monoisotopic (exact) mass is 434 g/mol. The van der Waals surface area contributed by atoms with Gasteiger partial charge in [-0.15, -0.1) is 0 Å². The highest BCUT2D eigenvalue weighted by atomic mass is 16.2. The van der Waals surface area contributed by atoms with Crippen molar-refractivity contribution in [3.05, 3.63) is 59.7 Å². The van der Waals surface area contributed by atoms with Crippen molar-refractivity contribution in [3.8, 4) is 0 Å². The molecule has 0 atom stereocenters. The molecular weight excluding hydrogens is 400 g/mol. The summed E-state index contributed by atoms with van der Waals surface area (Å²) in [6.45, 7) is 4.90. The van der Waals surface area contributed by atoms with Crippen molar-refractivity contribution in [3.63, 3.8) is 0 Å². The van der Waals surface area contributed by atoms with Crippen molar-refractivity contribution >= 4 is 23.3 Å². The van der Waals surface area contributed by atoms with Gasteiger partial charge in [0.25, 0.3) is 0 Å². The number of benzene rings is 2. The first kappa shape index (κ1) is 22.3. The number of carbonyl (C=O) groups is 2. The van der Waals surface area contributed by atoms with Crippen LogP contribution in [0.15, 0.2) is 48.5 Å². The Kier molecular flexibility index (Phi) is 7.77. The molecule has 0 spiro atoms. The van der Waals surface area contributed by atoms with E-state index in [1.807, 2.05) is 47.4 Å². The van der Waals surface area contributed by atoms with Gasteiger partial charge in [0, 0.05) is 24.5 Å². The molecule has 0 bridgehead atoms. The molecule has 4 rings (SSSR count). The summed E-state index contributed by atoms with van der Waals surface area (Å²) >= 11 is 0. The Hall–Kier alpha value is -2.86. The summed E-state index contributed by atoms with van der Waals surface area (Å²) in [6.07, 6.45) is 7.05. The van der Waals surface area contributed by atoms with Gasteiger partial charge in [-0.25, -0.2) is 4.79 Å². The van der Waals surface area contributed by atoms with E-state index < -0.39 is 0 Å². The van der Waals surface area contributed by atoms with Crippen molar-refractivity contribution in [1.29, 1.82) is 0 Å². The molecule has 2 N–H and O–H groups in total. The van der Waals surface area contributed by atoms with Crippen molar-refractivity contribution in [1.82, 2.24) is 10.2 Å². The summed E-state index contributed by atoms with van der Waals surface area (Å²) < 4.78 is 0. The van der Waals surface area contributed by atoms with E-state index in [2.05, 4.69) is 21.6 Å². The molecule has 2 aromatic rings. The maximum Gasteiger partial charge on any atom is 0.326 e. The third-order valence-corrected chi connectivity index (χ3v) is 6.35. The van der Waals surface area contributed by atoms with Crippen LogP contribution in [0.4, 0.5) is 16.2 Å². The average Bonchev–Trinajstić information content (AvgIpc) is 3.23. The van der Waals surface area contributed by atoms with Crippen LogP contribution in [0.5, 0.6) is 0 Å². The van der Waals surface area contributed by atoms with E-state index in [1.54, 1.807) is 0 Å². The Labute approximate surface area is 191 Å². The minimum atomic E-state index is -0.108. The summed E-state index contributed by atoms with van der Waals surface area (Å²) in [5.74, 6) is 0.0457. The van der Waals surface area contributed by atoms with Crippen LogP contribution in [0.1, 0.15) is 43.2 Å². The summed E-state index contributed by atoms with van der Waals surface area (Å²) in [6, 6.07) is 15.6. The van der Waals surface area contributed by atoms with E-state index in [4.69, 9.17) is 0 Å². The largest absolute Gasteiger partial charge is 0.356 e. The second-order valence-corrected chi connectivity index (χ2v) is 8.79. The summed E-state index contributed by atoms with van der Waals surface area (Å²) in [4.78, 5) is 29.5. The lowest BCUT2D eigenvalue weighted by Crippen LogP contribution is -2.35. The van der Waals surface area contributed by atoms with E-state index in [0.29, 0.717) is 6.42 Å². The van der Waals surface area contributed by atoms with Crippen LogP contribution in [0.25, 0.3) is 0 Å². The standard InChI is InChI=1S/C26H34N4O2/c31-25(27-15-7-18-29-16-5-6-17-29)20-21-11-13-23(14-12-21)28-26(32)30-19-4-3-9-22-8-1-2-10-24(22)30/h1-2,8,10-14H,3-7,9,15-20H2,(H,27,31)(H,28,32). The highest BCUT2D eigenvalue weighted by Crippen LogP contribution is 2.26. The molecule has 0 aliphatic carbocycles. The van der Waals surface area contributed by atoms with Crippen LogP contribution >= 0.6 is 0 Å². The first-order valence-corrected chi connectivity index (χ1v) is 11.9. The number of hydrogen-bond donors (Lipinski definition) is 2. The highest BCUT2D eigenvalue weighted by molar-refractivity contribution is 6.02. The first-order valence-electron chi connectivity index (χ1n) is 11.9. The van der Waals surface area contributed by atoms with Crippen LogP contribution in [0, 0.1) is 0 Å². The number of hydrogen-bond acceptors (Lipinski definition) is 3. The minimum absolute atomic E-state index is 0.0457. The molecule has 32 heavy (non-hydrogen) atoms. The number of carbonyl (C=O) groups excluding carboxylic acids is 2. The van der Waals surface area contributed by atoms with Gasteiger partial charge in [-0.05, 0) is 87.5 Å². The van der Waals surface area contributed by atoms with Crippen molar-refractivity contribution in [2.75, 3.05) is 42.9 Å². The van der Waals surface area contributed by atoms with Gasteiger partial charge >= 0.3 is 6.03 Å². The molecule has 0 saturated carbocycles. The summed E-state index contributed by atoms with van der Waals surface area (Å²) in [5.41, 5.74) is 3.91. The molecule has 0 unspecified atom stereocenters. The molecule has 2 aliphatic rings. The molecule has 170 valence electrons. The Bertz CT molecular complexity index is 906. The Balaban J connectivity index is 1.24. The van der Waals surface area contributed by atoms with E-state index in [9.17, 15) is 9.59 Å². The fourth-order valence-corrected chi connectivity index (χ4v) is 4.58. The molecule has 0 radical (unpaired) electrons. The van der Waals surface area contributed by atoms with E-state index in [-0.39, 0.29) is 11.9 Å². The molecule has 3 amide bonds. The molecule has 0 aromatic heterocycles. The van der Waals surface area contributed by atoms with Gasteiger partial charge in [0.15, 0.2) is 0 Å². The third kappa shape index (κ3) is 6.10. The van der Waals surface area contributed by atoms with E-state index in [1.165, 1.54) is 31.5 Å². The molecule has 6 heteroatoms. The van der Waals surface area contributed by atoms with Crippen LogP contribution in [0.2, 0.25) is 0 Å². The number of amides is 3. The van der Waals surface area contributed by atoms with Crippen molar-refractivity contribution in [2.45, 2.75) is 44.9 Å². The molecule has 6 nitrogen and oxygen atoms in total. The normalized spacial score (nSPS) is 16.3. The number of para-hydroxylation sites is 1. The van der Waals surface area contributed by atoms with Crippen molar-refractivity contribution in [2.24, 2.45) is 0 Å². The molecule has 2 aliphatic heterocycles. The Morgan fingerprint density at radius 2 is 1.62 bits per heavy atom. The SMILES string of the molecule is O=C(Cc1ccc(NC(=O)N2CCCCc3ccccc32)cc1)NCCCN1CCCC1. The predicted molar refractivity (Wildman–Crippen MR) is 129 cm³/mol. The topological polar surface area (TPSA) is 64.7 Å². The van der Waals surface area contributed by atoms with Gasteiger partial charge < -0.3 is 15.5 Å². The molecular formula is C26H34N4O2. The fraction of sp³-hybridized carbons (Fsp3) is 0.462. The number of nitrogens with zero attached hydrogens (tertiary/aromatic N) is 2. The van der Waals surface area contributed by atoms with Crippen LogP contribution < -0.4 is 15.5 Å². The smallest absolute Gasteiger partial charge is 0.326 e. The van der Waals surface area contributed by atoms with E-state index >= 15 is 0 Å². The van der Waals surface area contributed by atoms with Crippen molar-refractivity contribution < 1.29 is 9.59 Å². The molecule has 2 heterocycles. The molecule has 1 saturated heterocycles. The van der Waals surface area contributed by atoms with Gasteiger partial charge in [0.05, 0.1) is 6.42 Å². The fourth-order valence-electron chi connectivity index (χ4n) is 4.58. The van der Waals surface area contributed by atoms with Gasteiger partial charge in [-0.3, -0.25) is 9.69 Å². The Morgan fingerprint density at radius 3 is 2.44 bits per heavy atom. The summed E-state index contributed by atoms with van der Waals surface area (Å²) in [5, 5.41) is 6.03. The zero-order chi connectivity index (χ0) is 22.2. The first-order chi connectivity index (χ1) is 15.7. The molecule has 1 fully saturated rings. The van der Waals surface area contributed by atoms with E-state index in [0.717, 1.165) is 62.3 Å². The van der Waals surface area contributed by atoms with Gasteiger partial charge in [0.1, 0.15) is 0 Å². The van der Waals surface area contributed by atoms with Crippen LogP contribution in [-0.4, -0.2) is 49.6 Å². The second kappa shape index (κ2) is 11.1. The number of urea groups is 1.